The van der Waals surface area contributed by atoms with Gasteiger partial charge in [-0.1, -0.05) is 41.6 Å². The predicted octanol–water partition coefficient (Wildman–Crippen LogP) is 5.46. The van der Waals surface area contributed by atoms with Crippen LogP contribution in [-0.4, -0.2) is 32.1 Å². The number of halogens is 1. The third-order valence-electron chi connectivity index (χ3n) is 4.31. The maximum absolute atomic E-state index is 5.91. The Kier molecular flexibility index (Phi) is 6.12. The highest BCUT2D eigenvalue weighted by molar-refractivity contribution is 7.99. The van der Waals surface area contributed by atoms with Crippen LogP contribution < -0.4 is 4.74 Å². The van der Waals surface area contributed by atoms with Crippen LogP contribution in [0.5, 0.6) is 5.75 Å². The third kappa shape index (κ3) is 4.60. The molecule has 5 nitrogen and oxygen atoms in total. The summed E-state index contributed by atoms with van der Waals surface area (Å²) in [5.74, 6) is 2.31. The molecule has 4 rings (SSSR count). The molecular formula is C22H19ClN4OS. The number of nitrogens with zero attached hydrogens (tertiary/aromatic N) is 4. The second-order valence-electron chi connectivity index (χ2n) is 6.32. The minimum absolute atomic E-state index is 0.551. The average Bonchev–Trinajstić information content (AvgIpc) is 3.17. The smallest absolute Gasteiger partial charge is 0.196 e. The predicted molar refractivity (Wildman–Crippen MR) is 117 cm³/mol. The van der Waals surface area contributed by atoms with Gasteiger partial charge in [0.1, 0.15) is 5.75 Å². The number of benzene rings is 2. The zero-order chi connectivity index (χ0) is 20.1. The van der Waals surface area contributed by atoms with Gasteiger partial charge in [0, 0.05) is 28.7 Å². The van der Waals surface area contributed by atoms with Gasteiger partial charge in [-0.2, -0.15) is 0 Å². The number of pyridine rings is 1. The second kappa shape index (κ2) is 9.11. The highest BCUT2D eigenvalue weighted by Gasteiger charge is 2.17. The van der Waals surface area contributed by atoms with Gasteiger partial charge < -0.3 is 4.74 Å². The van der Waals surface area contributed by atoms with E-state index in [4.69, 9.17) is 16.3 Å². The zero-order valence-electron chi connectivity index (χ0n) is 15.8. The van der Waals surface area contributed by atoms with E-state index in [0.29, 0.717) is 11.6 Å². The fourth-order valence-corrected chi connectivity index (χ4v) is 3.79. The number of hydrogen-bond acceptors (Lipinski definition) is 5. The number of hydrogen-bond donors (Lipinski definition) is 0. The lowest BCUT2D eigenvalue weighted by Gasteiger charge is -2.13. The van der Waals surface area contributed by atoms with Crippen molar-refractivity contribution in [2.45, 2.75) is 12.1 Å². The van der Waals surface area contributed by atoms with Crippen LogP contribution in [0.4, 0.5) is 0 Å². The molecule has 0 bridgehead atoms. The first-order valence-electron chi connectivity index (χ1n) is 9.15. The number of aryl methyl sites for hydroxylation is 1. The highest BCUT2D eigenvalue weighted by atomic mass is 35.5. The molecule has 2 aromatic heterocycles. The van der Waals surface area contributed by atoms with Crippen molar-refractivity contribution in [3.05, 3.63) is 83.6 Å². The van der Waals surface area contributed by atoms with Gasteiger partial charge in [-0.3, -0.25) is 9.55 Å². The molecule has 7 heteroatoms. The Morgan fingerprint density at radius 3 is 2.59 bits per heavy atom. The van der Waals surface area contributed by atoms with Gasteiger partial charge in [0.15, 0.2) is 11.0 Å². The van der Waals surface area contributed by atoms with Crippen molar-refractivity contribution in [2.24, 2.45) is 0 Å². The highest BCUT2D eigenvalue weighted by Crippen LogP contribution is 2.29. The summed E-state index contributed by atoms with van der Waals surface area (Å²) in [5, 5.41) is 10.4. The molecule has 0 aliphatic carbocycles. The minimum Gasteiger partial charge on any atom is -0.493 e. The molecule has 0 saturated carbocycles. The summed E-state index contributed by atoms with van der Waals surface area (Å²) >= 11 is 7.52. The molecule has 29 heavy (non-hydrogen) atoms. The summed E-state index contributed by atoms with van der Waals surface area (Å²) in [4.78, 5) is 4.23. The molecule has 4 aromatic rings. The van der Waals surface area contributed by atoms with Gasteiger partial charge in [0.05, 0.1) is 12.3 Å². The molecule has 0 N–H and O–H groups in total. The maximum Gasteiger partial charge on any atom is 0.196 e. The Hall–Kier alpha value is -2.83. The van der Waals surface area contributed by atoms with Crippen LogP contribution >= 0.6 is 23.4 Å². The zero-order valence-corrected chi connectivity index (χ0v) is 17.4. The largest absolute Gasteiger partial charge is 0.493 e. The second-order valence-corrected chi connectivity index (χ2v) is 7.82. The molecule has 0 spiro atoms. The van der Waals surface area contributed by atoms with Gasteiger partial charge in [0.2, 0.25) is 0 Å². The Labute approximate surface area is 178 Å². The average molecular weight is 423 g/mol. The monoisotopic (exact) mass is 422 g/mol. The van der Waals surface area contributed by atoms with E-state index in [1.807, 2.05) is 48.5 Å². The number of rotatable bonds is 7. The number of ether oxygens (including phenoxy) is 1. The molecule has 0 atom stereocenters. The Morgan fingerprint density at radius 2 is 1.83 bits per heavy atom. The molecule has 0 amide bonds. The van der Waals surface area contributed by atoms with Gasteiger partial charge in [-0.15, -0.1) is 10.2 Å². The van der Waals surface area contributed by atoms with Crippen LogP contribution in [-0.2, 0) is 0 Å². The summed E-state index contributed by atoms with van der Waals surface area (Å²) in [7, 11) is 0. The molecule has 0 fully saturated rings. The summed E-state index contributed by atoms with van der Waals surface area (Å²) in [5.41, 5.74) is 3.13. The Morgan fingerprint density at radius 1 is 1.00 bits per heavy atom. The topological polar surface area (TPSA) is 52.8 Å². The molecule has 0 aliphatic heterocycles. The van der Waals surface area contributed by atoms with E-state index in [1.165, 1.54) is 0 Å². The number of thioether (sulfide) groups is 1. The van der Waals surface area contributed by atoms with Crippen LogP contribution in [0.3, 0.4) is 0 Å². The number of aromatic nitrogens is 4. The van der Waals surface area contributed by atoms with Gasteiger partial charge in [-0.05, 0) is 55.0 Å². The van der Waals surface area contributed by atoms with E-state index in [2.05, 4.69) is 38.8 Å². The molecular weight excluding hydrogens is 404 g/mol. The van der Waals surface area contributed by atoms with E-state index in [9.17, 15) is 0 Å². The standard InChI is InChI=1S/C22H19ClN4OS/c1-16-5-2-3-7-20(16)27-21(17-6-4-12-24-15-17)25-26-22(27)29-14-13-28-19-10-8-18(23)9-11-19/h2-12,15H,13-14H2,1H3. The van der Waals surface area contributed by atoms with Gasteiger partial charge in [-0.25, -0.2) is 0 Å². The van der Waals surface area contributed by atoms with Gasteiger partial charge >= 0.3 is 0 Å². The van der Waals surface area contributed by atoms with Crippen molar-refractivity contribution in [3.63, 3.8) is 0 Å². The fraction of sp³-hybridized carbons (Fsp3) is 0.136. The van der Waals surface area contributed by atoms with Crippen molar-refractivity contribution >= 4 is 23.4 Å². The maximum atomic E-state index is 5.91. The minimum atomic E-state index is 0.551. The van der Waals surface area contributed by atoms with E-state index >= 15 is 0 Å². The lowest BCUT2D eigenvalue weighted by atomic mass is 10.2. The first-order valence-corrected chi connectivity index (χ1v) is 10.5. The van der Waals surface area contributed by atoms with Crippen molar-refractivity contribution in [3.8, 4) is 22.8 Å². The first-order chi connectivity index (χ1) is 14.2. The normalized spacial score (nSPS) is 10.8. The third-order valence-corrected chi connectivity index (χ3v) is 5.45. The number of para-hydroxylation sites is 1. The molecule has 0 radical (unpaired) electrons. The fourth-order valence-electron chi connectivity index (χ4n) is 2.90. The van der Waals surface area contributed by atoms with E-state index < -0.39 is 0 Å². The van der Waals surface area contributed by atoms with E-state index in [1.54, 1.807) is 24.2 Å². The molecule has 0 saturated heterocycles. The quantitative estimate of drug-likeness (QED) is 0.292. The van der Waals surface area contributed by atoms with E-state index in [0.717, 1.165) is 39.3 Å². The van der Waals surface area contributed by atoms with Crippen molar-refractivity contribution < 1.29 is 4.74 Å². The Balaban J connectivity index is 1.56. The summed E-state index contributed by atoms with van der Waals surface area (Å²) in [6.07, 6.45) is 3.55. The molecule has 0 unspecified atom stereocenters. The van der Waals surface area contributed by atoms with Crippen molar-refractivity contribution in [2.75, 3.05) is 12.4 Å². The van der Waals surface area contributed by atoms with E-state index in [-0.39, 0.29) is 0 Å². The molecule has 2 aromatic carbocycles. The molecule has 0 aliphatic rings. The van der Waals surface area contributed by atoms with Crippen LogP contribution in [0, 0.1) is 6.92 Å². The van der Waals surface area contributed by atoms with Crippen LogP contribution in [0.2, 0.25) is 5.02 Å². The SMILES string of the molecule is Cc1ccccc1-n1c(SCCOc2ccc(Cl)cc2)nnc1-c1cccnc1. The van der Waals surface area contributed by atoms with Crippen molar-refractivity contribution in [1.82, 2.24) is 19.7 Å². The van der Waals surface area contributed by atoms with Crippen molar-refractivity contribution in [1.29, 1.82) is 0 Å². The van der Waals surface area contributed by atoms with Gasteiger partial charge in [0.25, 0.3) is 0 Å². The lowest BCUT2D eigenvalue weighted by Crippen LogP contribution is -2.04. The lowest BCUT2D eigenvalue weighted by molar-refractivity contribution is 0.344. The molecule has 2 heterocycles. The summed E-state index contributed by atoms with van der Waals surface area (Å²) in [6, 6.07) is 19.5. The summed E-state index contributed by atoms with van der Waals surface area (Å²) < 4.78 is 7.88. The Bertz CT molecular complexity index is 1080. The van der Waals surface area contributed by atoms with Crippen LogP contribution in [0.25, 0.3) is 17.1 Å². The van der Waals surface area contributed by atoms with Crippen LogP contribution in [0.15, 0.2) is 78.2 Å². The summed E-state index contributed by atoms with van der Waals surface area (Å²) in [6.45, 7) is 2.63. The first kappa shape index (κ1) is 19.5. The molecule has 146 valence electrons. The van der Waals surface area contributed by atoms with Crippen LogP contribution in [0.1, 0.15) is 5.56 Å².